The molecule has 11 heavy (non-hydrogen) atoms. The molecule has 0 aliphatic carbocycles. The molecule has 0 unspecified atom stereocenters. The molecule has 0 saturated heterocycles. The van der Waals surface area contributed by atoms with E-state index in [-0.39, 0.29) is 5.69 Å². The van der Waals surface area contributed by atoms with Crippen molar-refractivity contribution in [2.24, 2.45) is 0 Å². The Morgan fingerprint density at radius 3 is 2.82 bits per heavy atom. The number of benzene rings is 1. The number of anilines is 1. The lowest BCUT2D eigenvalue weighted by Crippen LogP contribution is -1.92. The van der Waals surface area contributed by atoms with Crippen LogP contribution >= 0.6 is 0 Å². The lowest BCUT2D eigenvalue weighted by atomic mass is 10.2. The normalized spacial score (nSPS) is 9.09. The third-order valence-corrected chi connectivity index (χ3v) is 1.35. The smallest absolute Gasteiger partial charge is 0.271 e. The molecule has 0 amide bonds. The molecule has 0 radical (unpaired) electrons. The van der Waals surface area contributed by atoms with E-state index >= 15 is 0 Å². The molecule has 0 heterocycles. The molecule has 0 fully saturated rings. The fourth-order valence-electron chi connectivity index (χ4n) is 0.775. The van der Waals surface area contributed by atoms with Crippen LogP contribution in [0.25, 0.3) is 0 Å². The van der Waals surface area contributed by atoms with E-state index < -0.39 is 4.92 Å². The Balaban J connectivity index is 3.01. The highest BCUT2D eigenvalue weighted by molar-refractivity contribution is 6.15. The van der Waals surface area contributed by atoms with E-state index in [0.717, 1.165) is 5.69 Å². The number of nitrogens with zero attached hydrogens (tertiary/aromatic N) is 1. The van der Waals surface area contributed by atoms with Gasteiger partial charge >= 0.3 is 0 Å². The van der Waals surface area contributed by atoms with Gasteiger partial charge in [0, 0.05) is 17.8 Å². The van der Waals surface area contributed by atoms with Crippen LogP contribution in [0.5, 0.6) is 0 Å². The Labute approximate surface area is 64.8 Å². The summed E-state index contributed by atoms with van der Waals surface area (Å²) in [5.41, 5.74) is 0.857. The van der Waals surface area contributed by atoms with Crippen LogP contribution in [0, 0.1) is 10.1 Å². The molecule has 0 saturated carbocycles. The van der Waals surface area contributed by atoms with Crippen LogP contribution in [0.1, 0.15) is 0 Å². The highest BCUT2D eigenvalue weighted by Crippen LogP contribution is 2.15. The molecule has 0 spiro atoms. The van der Waals surface area contributed by atoms with Crippen molar-refractivity contribution in [3.63, 3.8) is 0 Å². The number of hydrogen-bond donors (Lipinski definition) is 1. The molecule has 56 valence electrons. The predicted molar refractivity (Wildman–Crippen MR) is 45.3 cm³/mol. The van der Waals surface area contributed by atoms with Crippen molar-refractivity contribution in [3.8, 4) is 0 Å². The topological polar surface area (TPSA) is 55.2 Å². The number of rotatable bonds is 2. The summed E-state index contributed by atoms with van der Waals surface area (Å²) in [6.45, 7) is 0. The Morgan fingerprint density at radius 2 is 2.27 bits per heavy atom. The van der Waals surface area contributed by atoms with Gasteiger partial charge in [0.25, 0.3) is 5.69 Å². The first-order chi connectivity index (χ1) is 5.24. The van der Waals surface area contributed by atoms with Crippen LogP contribution < -0.4 is 5.23 Å². The molecular formula is C6H7BN2O2. The van der Waals surface area contributed by atoms with Crippen molar-refractivity contribution < 1.29 is 4.92 Å². The summed E-state index contributed by atoms with van der Waals surface area (Å²) in [7, 11) is 1.72. The van der Waals surface area contributed by atoms with Crippen molar-refractivity contribution in [1.29, 1.82) is 0 Å². The van der Waals surface area contributed by atoms with Crippen LogP contribution in [0.3, 0.4) is 0 Å². The standard InChI is InChI=1S/C6H7BN2O2/c7-8-5-2-1-3-6(4-5)9(10)11/h1-4,8H,7H2. The Hall–Kier alpha value is -1.52. The molecule has 5 heteroatoms. The van der Waals surface area contributed by atoms with E-state index in [4.69, 9.17) is 0 Å². The summed E-state index contributed by atoms with van der Waals surface area (Å²) in [5, 5.41) is 13.1. The van der Waals surface area contributed by atoms with Gasteiger partial charge in [0.2, 0.25) is 7.98 Å². The van der Waals surface area contributed by atoms with Gasteiger partial charge in [-0.15, -0.1) is 0 Å². The molecular weight excluding hydrogens is 143 g/mol. The monoisotopic (exact) mass is 150 g/mol. The van der Waals surface area contributed by atoms with Crippen LogP contribution in [0.4, 0.5) is 11.4 Å². The minimum Gasteiger partial charge on any atom is -0.434 e. The maximum atomic E-state index is 10.2. The van der Waals surface area contributed by atoms with Crippen LogP contribution in [-0.2, 0) is 0 Å². The highest BCUT2D eigenvalue weighted by atomic mass is 16.6. The lowest BCUT2D eigenvalue weighted by molar-refractivity contribution is -0.384. The summed E-state index contributed by atoms with van der Waals surface area (Å²) in [6.07, 6.45) is 0. The number of nitro groups is 1. The first-order valence-corrected chi connectivity index (χ1v) is 3.16. The highest BCUT2D eigenvalue weighted by Gasteiger charge is 2.03. The van der Waals surface area contributed by atoms with Gasteiger partial charge in [-0.3, -0.25) is 10.1 Å². The summed E-state index contributed by atoms with van der Waals surface area (Å²) in [6, 6.07) is 6.36. The van der Waals surface area contributed by atoms with Gasteiger partial charge in [0.1, 0.15) is 0 Å². The van der Waals surface area contributed by atoms with Gasteiger partial charge in [-0.2, -0.15) is 0 Å². The van der Waals surface area contributed by atoms with Crippen molar-refractivity contribution in [2.75, 3.05) is 5.23 Å². The summed E-state index contributed by atoms with van der Waals surface area (Å²) < 4.78 is 0. The molecule has 0 atom stereocenters. The quantitative estimate of drug-likeness (QED) is 0.380. The molecule has 1 rings (SSSR count). The van der Waals surface area contributed by atoms with E-state index in [2.05, 4.69) is 5.23 Å². The first-order valence-electron chi connectivity index (χ1n) is 3.16. The van der Waals surface area contributed by atoms with Gasteiger partial charge in [0.05, 0.1) is 4.92 Å². The molecule has 0 aliphatic rings. The number of hydrogen-bond acceptors (Lipinski definition) is 3. The Bertz CT molecular complexity index is 277. The number of nitro benzene ring substituents is 1. The molecule has 0 aliphatic heterocycles. The van der Waals surface area contributed by atoms with Crippen LogP contribution in [-0.4, -0.2) is 12.9 Å². The molecule has 1 N–H and O–H groups in total. The summed E-state index contributed by atoms with van der Waals surface area (Å²) in [5.74, 6) is 0. The maximum Gasteiger partial charge on any atom is 0.271 e. The van der Waals surface area contributed by atoms with Crippen LogP contribution in [0.2, 0.25) is 0 Å². The molecule has 1 aromatic rings. The fraction of sp³-hybridized carbons (Fsp3) is 0. The van der Waals surface area contributed by atoms with Crippen molar-refractivity contribution >= 4 is 19.4 Å². The zero-order valence-electron chi connectivity index (χ0n) is 6.07. The molecule has 0 aromatic heterocycles. The zero-order valence-corrected chi connectivity index (χ0v) is 6.07. The minimum absolute atomic E-state index is 0.108. The first kappa shape index (κ1) is 7.59. The second kappa shape index (κ2) is 3.05. The Morgan fingerprint density at radius 1 is 1.55 bits per heavy atom. The van der Waals surface area contributed by atoms with Crippen LogP contribution in [0.15, 0.2) is 24.3 Å². The van der Waals surface area contributed by atoms with Crippen molar-refractivity contribution in [2.45, 2.75) is 0 Å². The van der Waals surface area contributed by atoms with Gasteiger partial charge < -0.3 is 5.23 Å². The second-order valence-electron chi connectivity index (χ2n) is 2.06. The molecule has 4 nitrogen and oxygen atoms in total. The van der Waals surface area contributed by atoms with E-state index in [1.807, 2.05) is 0 Å². The van der Waals surface area contributed by atoms with Crippen molar-refractivity contribution in [1.82, 2.24) is 0 Å². The average Bonchev–Trinajstić information content (AvgIpc) is 2.05. The SMILES string of the molecule is BNc1cccc([N+](=O)[O-])c1. The fourth-order valence-corrected chi connectivity index (χ4v) is 0.775. The lowest BCUT2D eigenvalue weighted by Gasteiger charge is -1.97. The zero-order chi connectivity index (χ0) is 8.27. The predicted octanol–water partition coefficient (Wildman–Crippen LogP) is 0.555. The number of non-ortho nitro benzene ring substituents is 1. The Kier molecular flexibility index (Phi) is 2.10. The third-order valence-electron chi connectivity index (χ3n) is 1.35. The van der Waals surface area contributed by atoms with Gasteiger partial charge in [-0.1, -0.05) is 6.07 Å². The van der Waals surface area contributed by atoms with E-state index in [1.54, 1.807) is 20.1 Å². The third kappa shape index (κ3) is 1.70. The second-order valence-corrected chi connectivity index (χ2v) is 2.06. The van der Waals surface area contributed by atoms with E-state index in [0.29, 0.717) is 0 Å². The summed E-state index contributed by atoms with van der Waals surface area (Å²) in [4.78, 5) is 9.83. The number of nitrogens with one attached hydrogen (secondary N) is 1. The largest absolute Gasteiger partial charge is 0.434 e. The van der Waals surface area contributed by atoms with E-state index in [1.165, 1.54) is 12.1 Å². The van der Waals surface area contributed by atoms with Gasteiger partial charge in [0.15, 0.2) is 0 Å². The van der Waals surface area contributed by atoms with Gasteiger partial charge in [-0.25, -0.2) is 0 Å². The van der Waals surface area contributed by atoms with Gasteiger partial charge in [-0.05, 0) is 6.07 Å². The van der Waals surface area contributed by atoms with E-state index in [9.17, 15) is 10.1 Å². The summed E-state index contributed by atoms with van der Waals surface area (Å²) >= 11 is 0. The average molecular weight is 150 g/mol. The minimum atomic E-state index is -0.416. The molecule has 0 bridgehead atoms. The van der Waals surface area contributed by atoms with Crippen molar-refractivity contribution in [3.05, 3.63) is 34.4 Å². The molecule has 1 aromatic carbocycles. The maximum absolute atomic E-state index is 10.2.